The van der Waals surface area contributed by atoms with Gasteiger partial charge in [-0.1, -0.05) is 49.6 Å². The van der Waals surface area contributed by atoms with Crippen LogP contribution < -0.4 is 10.1 Å². The zero-order valence-electron chi connectivity index (χ0n) is 21.4. The smallest absolute Gasteiger partial charge is 0.331 e. The summed E-state index contributed by atoms with van der Waals surface area (Å²) in [6.45, 7) is 2.09. The summed E-state index contributed by atoms with van der Waals surface area (Å²) in [4.78, 5) is 29.9. The van der Waals surface area contributed by atoms with Gasteiger partial charge < -0.3 is 29.4 Å². The second-order valence-corrected chi connectivity index (χ2v) is 9.73. The van der Waals surface area contributed by atoms with E-state index in [0.29, 0.717) is 13.0 Å². The maximum Gasteiger partial charge on any atom is 0.331 e. The third-order valence-corrected chi connectivity index (χ3v) is 7.00. The number of aromatic nitrogens is 1. The molecule has 2 heterocycles. The number of carbonyl (C=O) groups excluding carboxylic acids is 2. The highest BCUT2D eigenvalue weighted by molar-refractivity contribution is 5.98. The summed E-state index contributed by atoms with van der Waals surface area (Å²) in [6.07, 6.45) is 6.72. The van der Waals surface area contributed by atoms with E-state index in [0.717, 1.165) is 31.2 Å². The predicted molar refractivity (Wildman–Crippen MR) is 135 cm³/mol. The van der Waals surface area contributed by atoms with Crippen molar-refractivity contribution in [1.82, 2.24) is 10.3 Å². The number of amides is 1. The molecular weight excluding hydrogens is 476 g/mol. The van der Waals surface area contributed by atoms with Crippen LogP contribution in [-0.4, -0.2) is 66.6 Å². The van der Waals surface area contributed by atoms with Crippen LogP contribution in [0.2, 0.25) is 0 Å². The molecule has 1 aromatic carbocycles. The van der Waals surface area contributed by atoms with Gasteiger partial charge in [-0.2, -0.15) is 0 Å². The van der Waals surface area contributed by atoms with Gasteiger partial charge in [0.1, 0.15) is 6.10 Å². The van der Waals surface area contributed by atoms with Crippen molar-refractivity contribution in [2.75, 3.05) is 20.3 Å². The summed E-state index contributed by atoms with van der Waals surface area (Å²) in [7, 11) is 1.37. The van der Waals surface area contributed by atoms with Gasteiger partial charge in [-0.25, -0.2) is 9.78 Å². The maximum atomic E-state index is 13.1. The van der Waals surface area contributed by atoms with Crippen molar-refractivity contribution in [2.24, 2.45) is 5.92 Å². The highest BCUT2D eigenvalue weighted by atomic mass is 16.6. The number of nitrogens with zero attached hydrogens (tertiary/aromatic N) is 1. The highest BCUT2D eigenvalue weighted by Gasteiger charge is 2.37. The minimum absolute atomic E-state index is 0.0503. The summed E-state index contributed by atoms with van der Waals surface area (Å²) in [6, 6.07) is 10.5. The number of ether oxygens (including phenoxy) is 4. The molecule has 0 bridgehead atoms. The molecule has 4 rings (SSSR count). The lowest BCUT2D eigenvalue weighted by Gasteiger charge is -2.35. The normalized spacial score (nSPS) is 25.3. The molecule has 1 aromatic heterocycles. The minimum Gasteiger partial charge on any atom is -0.503 e. The molecular formula is C28H36N2O7. The molecule has 2 fully saturated rings. The maximum absolute atomic E-state index is 13.1. The summed E-state index contributed by atoms with van der Waals surface area (Å²) in [5.41, 5.74) is 0.899. The number of hydrogen-bond acceptors (Lipinski definition) is 8. The van der Waals surface area contributed by atoms with E-state index in [2.05, 4.69) is 22.4 Å². The fraction of sp³-hybridized carbons (Fsp3) is 0.536. The van der Waals surface area contributed by atoms with Gasteiger partial charge in [0.05, 0.1) is 32.5 Å². The Morgan fingerprint density at radius 2 is 1.89 bits per heavy atom. The van der Waals surface area contributed by atoms with E-state index in [9.17, 15) is 14.7 Å². The van der Waals surface area contributed by atoms with E-state index in [4.69, 9.17) is 18.9 Å². The van der Waals surface area contributed by atoms with Crippen LogP contribution in [0, 0.1) is 5.92 Å². The third-order valence-electron chi connectivity index (χ3n) is 7.00. The molecule has 2 N–H and O–H groups in total. The monoisotopic (exact) mass is 512 g/mol. The first kappa shape index (κ1) is 26.9. The van der Waals surface area contributed by atoms with Crippen molar-refractivity contribution in [3.63, 3.8) is 0 Å². The summed E-state index contributed by atoms with van der Waals surface area (Å²) in [5, 5.41) is 12.9. The van der Waals surface area contributed by atoms with Gasteiger partial charge in [0.15, 0.2) is 23.2 Å². The number of pyridine rings is 1. The van der Waals surface area contributed by atoms with E-state index in [-0.39, 0.29) is 36.2 Å². The molecule has 1 saturated heterocycles. The van der Waals surface area contributed by atoms with Crippen LogP contribution in [0.15, 0.2) is 42.6 Å². The zero-order chi connectivity index (χ0) is 26.2. The molecule has 0 radical (unpaired) electrons. The molecule has 9 heteroatoms. The van der Waals surface area contributed by atoms with E-state index < -0.39 is 29.8 Å². The Bertz CT molecular complexity index is 1040. The first-order chi connectivity index (χ1) is 18.0. The molecule has 4 atom stereocenters. The second-order valence-electron chi connectivity index (χ2n) is 9.73. The van der Waals surface area contributed by atoms with Crippen LogP contribution in [0.4, 0.5) is 0 Å². The van der Waals surface area contributed by atoms with Crippen molar-refractivity contribution in [2.45, 2.75) is 69.8 Å². The van der Waals surface area contributed by atoms with E-state index in [1.165, 1.54) is 25.8 Å². The van der Waals surface area contributed by atoms with Crippen molar-refractivity contribution < 1.29 is 33.6 Å². The number of benzene rings is 1. The second kappa shape index (κ2) is 12.9. The van der Waals surface area contributed by atoms with Gasteiger partial charge in [0.2, 0.25) is 0 Å². The van der Waals surface area contributed by atoms with Crippen molar-refractivity contribution in [3.8, 4) is 11.5 Å². The molecule has 2 aliphatic rings. The summed E-state index contributed by atoms with van der Waals surface area (Å²) < 4.78 is 23.5. The molecule has 1 saturated carbocycles. The number of carbonyl (C=O) groups is 2. The average molecular weight is 513 g/mol. The van der Waals surface area contributed by atoms with Crippen molar-refractivity contribution in [1.29, 1.82) is 0 Å². The van der Waals surface area contributed by atoms with Gasteiger partial charge in [0.25, 0.3) is 5.91 Å². The van der Waals surface area contributed by atoms with Crippen LogP contribution >= 0.6 is 0 Å². The average Bonchev–Trinajstić information content (AvgIpc) is 2.95. The molecule has 2 aromatic rings. The Hall–Kier alpha value is -3.17. The Kier molecular flexibility index (Phi) is 9.35. The number of nitrogens with one attached hydrogen (secondary N) is 1. The standard InChI is InChI=1S/C28H36N2O7/c1-18-26(37-21-11-7-4-8-12-21)20(15-19-9-5-3-6-10-19)16-35-17-22(28(33)36-18)30-27(32)24-25(31)23(34-2)13-14-29-24/h3,5-6,9-10,13-14,18,20-22,26,31H,4,7-8,11-12,15-17H2,1-2H3,(H,30,32)/t18-,20-,22-,26-/m0/s1. The van der Waals surface area contributed by atoms with E-state index in [1.807, 2.05) is 25.1 Å². The van der Waals surface area contributed by atoms with Gasteiger partial charge in [-0.3, -0.25) is 4.79 Å². The molecule has 1 amide bonds. The van der Waals surface area contributed by atoms with Crippen molar-refractivity contribution >= 4 is 11.9 Å². The lowest BCUT2D eigenvalue weighted by molar-refractivity contribution is -0.166. The number of aromatic hydroxyl groups is 1. The molecule has 0 spiro atoms. The first-order valence-corrected chi connectivity index (χ1v) is 13.0. The third kappa shape index (κ3) is 6.99. The zero-order valence-corrected chi connectivity index (χ0v) is 21.4. The lowest BCUT2D eigenvalue weighted by atomic mass is 9.90. The number of methoxy groups -OCH3 is 1. The Balaban J connectivity index is 1.51. The van der Waals surface area contributed by atoms with Crippen molar-refractivity contribution in [3.05, 3.63) is 53.9 Å². The van der Waals surface area contributed by atoms with Crippen LogP contribution in [-0.2, 0) is 25.4 Å². The van der Waals surface area contributed by atoms with E-state index >= 15 is 0 Å². The molecule has 37 heavy (non-hydrogen) atoms. The fourth-order valence-corrected chi connectivity index (χ4v) is 5.05. The molecule has 0 unspecified atom stereocenters. The van der Waals surface area contributed by atoms with E-state index in [1.54, 1.807) is 0 Å². The number of esters is 1. The van der Waals surface area contributed by atoms with Crippen LogP contribution in [0.3, 0.4) is 0 Å². The van der Waals surface area contributed by atoms with Gasteiger partial charge in [-0.05, 0) is 31.7 Å². The SMILES string of the molecule is COc1ccnc(C(=O)N[C@H]2COC[C@H](Cc3ccccc3)[C@@H](OC3CCCCC3)[C@H](C)OC2=O)c1O. The predicted octanol–water partition coefficient (Wildman–Crippen LogP) is 3.43. The van der Waals surface area contributed by atoms with Gasteiger partial charge in [0, 0.05) is 18.2 Å². The molecule has 200 valence electrons. The number of rotatable bonds is 7. The lowest BCUT2D eigenvalue weighted by Crippen LogP contribution is -2.47. The van der Waals surface area contributed by atoms with Crippen LogP contribution in [0.5, 0.6) is 11.5 Å². The Morgan fingerprint density at radius 3 is 2.62 bits per heavy atom. The van der Waals surface area contributed by atoms with Crippen LogP contribution in [0.25, 0.3) is 0 Å². The molecule has 9 nitrogen and oxygen atoms in total. The van der Waals surface area contributed by atoms with Gasteiger partial charge in [-0.15, -0.1) is 0 Å². The Morgan fingerprint density at radius 1 is 1.14 bits per heavy atom. The van der Waals surface area contributed by atoms with Crippen LogP contribution in [0.1, 0.15) is 55.1 Å². The minimum atomic E-state index is -1.08. The number of hydrogen-bond donors (Lipinski definition) is 2. The quantitative estimate of drug-likeness (QED) is 0.542. The molecule has 1 aliphatic carbocycles. The summed E-state index contributed by atoms with van der Waals surface area (Å²) >= 11 is 0. The Labute approximate surface area is 217 Å². The topological polar surface area (TPSA) is 116 Å². The largest absolute Gasteiger partial charge is 0.503 e. The number of cyclic esters (lactones) is 1. The fourth-order valence-electron chi connectivity index (χ4n) is 5.05. The first-order valence-electron chi connectivity index (χ1n) is 13.0. The molecule has 1 aliphatic heterocycles. The summed E-state index contributed by atoms with van der Waals surface area (Å²) in [5.74, 6) is -1.71. The highest BCUT2D eigenvalue weighted by Crippen LogP contribution is 2.29. The van der Waals surface area contributed by atoms with Gasteiger partial charge >= 0.3 is 5.97 Å².